The molecule has 0 fully saturated rings. The van der Waals surface area contributed by atoms with Crippen molar-refractivity contribution in [2.45, 2.75) is 6.42 Å². The van der Waals surface area contributed by atoms with Crippen molar-refractivity contribution >= 4 is 32.6 Å². The molecule has 0 aliphatic heterocycles. The van der Waals surface area contributed by atoms with E-state index in [0.29, 0.717) is 12.1 Å². The normalized spacial score (nSPS) is 11.1. The van der Waals surface area contributed by atoms with Crippen molar-refractivity contribution in [3.63, 3.8) is 0 Å². The Bertz CT molecular complexity index is 781. The van der Waals surface area contributed by atoms with Gasteiger partial charge in [0.15, 0.2) is 5.13 Å². The molecule has 0 aliphatic rings. The number of nitrogens with zero attached hydrogens (tertiary/aromatic N) is 3. The van der Waals surface area contributed by atoms with E-state index < -0.39 is 0 Å². The Morgan fingerprint density at radius 1 is 1.00 bits per heavy atom. The quantitative estimate of drug-likeness (QED) is 0.683. The van der Waals surface area contributed by atoms with Gasteiger partial charge in [0.2, 0.25) is 0 Å². The molecule has 0 N–H and O–H groups in total. The van der Waals surface area contributed by atoms with Gasteiger partial charge in [-0.05, 0) is 51.3 Å². The number of carbonyl (C=O) groups excluding carboxylic acids is 1. The van der Waals surface area contributed by atoms with Gasteiger partial charge in [0.25, 0.3) is 5.91 Å². The summed E-state index contributed by atoms with van der Waals surface area (Å²) in [5.41, 5.74) is 1.64. The van der Waals surface area contributed by atoms with Crippen LogP contribution < -0.4 is 4.90 Å². The van der Waals surface area contributed by atoms with Gasteiger partial charge in [0, 0.05) is 12.1 Å². The summed E-state index contributed by atoms with van der Waals surface area (Å²) >= 11 is 1.57. The van der Waals surface area contributed by atoms with E-state index in [2.05, 4.69) is 9.88 Å². The number of hydrogen-bond donors (Lipinski definition) is 0. The highest BCUT2D eigenvalue weighted by atomic mass is 32.1. The van der Waals surface area contributed by atoms with Gasteiger partial charge >= 0.3 is 0 Å². The molecule has 24 heavy (non-hydrogen) atoms. The summed E-state index contributed by atoms with van der Waals surface area (Å²) in [6, 6.07) is 17.4. The number of aromatic nitrogens is 1. The number of thiazole rings is 1. The molecule has 3 aromatic rings. The molecule has 4 nitrogen and oxygen atoms in total. The zero-order chi connectivity index (χ0) is 16.9. The van der Waals surface area contributed by atoms with Gasteiger partial charge < -0.3 is 4.90 Å². The van der Waals surface area contributed by atoms with E-state index in [0.717, 1.165) is 28.3 Å². The first-order chi connectivity index (χ1) is 11.6. The maximum Gasteiger partial charge on any atom is 0.260 e. The van der Waals surface area contributed by atoms with Crippen molar-refractivity contribution in [1.82, 2.24) is 9.88 Å². The van der Waals surface area contributed by atoms with Crippen LogP contribution in [0.1, 0.15) is 16.8 Å². The fourth-order valence-electron chi connectivity index (χ4n) is 2.54. The van der Waals surface area contributed by atoms with Crippen LogP contribution in [0, 0.1) is 0 Å². The van der Waals surface area contributed by atoms with Crippen molar-refractivity contribution in [3.05, 3.63) is 60.2 Å². The van der Waals surface area contributed by atoms with Crippen LogP contribution in [0.3, 0.4) is 0 Å². The van der Waals surface area contributed by atoms with Crippen LogP contribution in [0.15, 0.2) is 54.6 Å². The number of rotatable bonds is 6. The van der Waals surface area contributed by atoms with Gasteiger partial charge in [-0.3, -0.25) is 9.69 Å². The smallest absolute Gasteiger partial charge is 0.260 e. The Balaban J connectivity index is 1.90. The minimum absolute atomic E-state index is 0.00779. The van der Waals surface area contributed by atoms with Crippen molar-refractivity contribution < 1.29 is 4.79 Å². The van der Waals surface area contributed by atoms with Crippen LogP contribution >= 0.6 is 11.3 Å². The summed E-state index contributed by atoms with van der Waals surface area (Å²) in [5.74, 6) is 0.00779. The molecular weight excluding hydrogens is 318 g/mol. The van der Waals surface area contributed by atoms with E-state index in [1.54, 1.807) is 11.3 Å². The zero-order valence-corrected chi connectivity index (χ0v) is 14.8. The van der Waals surface area contributed by atoms with Crippen molar-refractivity contribution in [2.75, 3.05) is 32.1 Å². The molecular formula is C19H21N3OS. The monoisotopic (exact) mass is 339 g/mol. The van der Waals surface area contributed by atoms with Gasteiger partial charge in [0.05, 0.1) is 10.2 Å². The highest BCUT2D eigenvalue weighted by Crippen LogP contribution is 2.29. The molecule has 1 aromatic heterocycles. The molecule has 3 rings (SSSR count). The number of amides is 1. The van der Waals surface area contributed by atoms with Crippen LogP contribution in [0.4, 0.5) is 5.13 Å². The van der Waals surface area contributed by atoms with Crippen LogP contribution in [-0.4, -0.2) is 43.0 Å². The second kappa shape index (κ2) is 7.55. The van der Waals surface area contributed by atoms with E-state index in [9.17, 15) is 4.79 Å². The minimum atomic E-state index is 0.00779. The minimum Gasteiger partial charge on any atom is -0.309 e. The van der Waals surface area contributed by atoms with E-state index in [-0.39, 0.29) is 5.91 Å². The highest BCUT2D eigenvalue weighted by Gasteiger charge is 2.20. The maximum absolute atomic E-state index is 13.0. The second-order valence-corrected chi connectivity index (χ2v) is 6.95. The molecule has 1 amide bonds. The Kier molecular flexibility index (Phi) is 5.23. The fraction of sp³-hybridized carbons (Fsp3) is 0.263. The Hall–Kier alpha value is -2.24. The molecule has 5 heteroatoms. The topological polar surface area (TPSA) is 36.4 Å². The van der Waals surface area contributed by atoms with Gasteiger partial charge in [-0.15, -0.1) is 0 Å². The molecule has 0 radical (unpaired) electrons. The SMILES string of the molecule is CN(C)CCCN(C(=O)c1ccccc1)c1nc2ccccc2s1. The van der Waals surface area contributed by atoms with E-state index in [1.165, 1.54) is 0 Å². The summed E-state index contributed by atoms with van der Waals surface area (Å²) in [5, 5.41) is 0.767. The Morgan fingerprint density at radius 2 is 1.71 bits per heavy atom. The summed E-state index contributed by atoms with van der Waals surface area (Å²) in [6.45, 7) is 1.59. The van der Waals surface area contributed by atoms with Gasteiger partial charge in [-0.1, -0.05) is 41.7 Å². The molecule has 0 aliphatic carbocycles. The lowest BCUT2D eigenvalue weighted by molar-refractivity contribution is 0.0986. The lowest BCUT2D eigenvalue weighted by atomic mass is 10.2. The van der Waals surface area contributed by atoms with Crippen LogP contribution in [0.5, 0.6) is 0 Å². The average molecular weight is 339 g/mol. The third-order valence-electron chi connectivity index (χ3n) is 3.77. The van der Waals surface area contributed by atoms with Gasteiger partial charge in [0.1, 0.15) is 0 Å². The third-order valence-corrected chi connectivity index (χ3v) is 4.83. The van der Waals surface area contributed by atoms with E-state index in [1.807, 2.05) is 73.6 Å². The summed E-state index contributed by atoms with van der Waals surface area (Å²) in [4.78, 5) is 21.6. The summed E-state index contributed by atoms with van der Waals surface area (Å²) in [6.07, 6.45) is 0.904. The van der Waals surface area contributed by atoms with Gasteiger partial charge in [-0.2, -0.15) is 0 Å². The summed E-state index contributed by atoms with van der Waals surface area (Å²) < 4.78 is 1.10. The lowest BCUT2D eigenvalue weighted by Gasteiger charge is -2.21. The fourth-order valence-corrected chi connectivity index (χ4v) is 3.53. The van der Waals surface area contributed by atoms with Crippen LogP contribution in [-0.2, 0) is 0 Å². The second-order valence-electron chi connectivity index (χ2n) is 5.94. The molecule has 124 valence electrons. The molecule has 0 saturated carbocycles. The van der Waals surface area contributed by atoms with Gasteiger partial charge in [-0.25, -0.2) is 4.98 Å². The molecule has 1 heterocycles. The standard InChI is InChI=1S/C19H21N3OS/c1-21(2)13-8-14-22(18(23)15-9-4-3-5-10-15)19-20-16-11-6-7-12-17(16)24-19/h3-7,9-12H,8,13-14H2,1-2H3. The van der Waals surface area contributed by atoms with Crippen LogP contribution in [0.25, 0.3) is 10.2 Å². The van der Waals surface area contributed by atoms with E-state index >= 15 is 0 Å². The Morgan fingerprint density at radius 3 is 2.42 bits per heavy atom. The maximum atomic E-state index is 13.0. The molecule has 0 atom stereocenters. The molecule has 0 bridgehead atoms. The number of para-hydroxylation sites is 1. The lowest BCUT2D eigenvalue weighted by Crippen LogP contribution is -2.33. The first kappa shape index (κ1) is 16.6. The third kappa shape index (κ3) is 3.80. The molecule has 0 unspecified atom stereocenters. The largest absolute Gasteiger partial charge is 0.309 e. The molecule has 2 aromatic carbocycles. The van der Waals surface area contributed by atoms with E-state index in [4.69, 9.17) is 0 Å². The van der Waals surface area contributed by atoms with Crippen LogP contribution in [0.2, 0.25) is 0 Å². The van der Waals surface area contributed by atoms with Crippen molar-refractivity contribution in [1.29, 1.82) is 0 Å². The summed E-state index contributed by atoms with van der Waals surface area (Å²) in [7, 11) is 4.09. The molecule has 0 saturated heterocycles. The highest BCUT2D eigenvalue weighted by molar-refractivity contribution is 7.22. The van der Waals surface area contributed by atoms with Crippen molar-refractivity contribution in [2.24, 2.45) is 0 Å². The Labute approximate surface area is 146 Å². The zero-order valence-electron chi connectivity index (χ0n) is 14.0. The first-order valence-electron chi connectivity index (χ1n) is 8.02. The number of carbonyl (C=O) groups is 1. The molecule has 0 spiro atoms. The van der Waals surface area contributed by atoms with Crippen molar-refractivity contribution in [3.8, 4) is 0 Å². The predicted octanol–water partition coefficient (Wildman–Crippen LogP) is 3.89. The number of hydrogen-bond acceptors (Lipinski definition) is 4. The number of fused-ring (bicyclic) bond motifs is 1. The number of benzene rings is 2. The average Bonchev–Trinajstić information content (AvgIpc) is 3.02. The number of anilines is 1. The predicted molar refractivity (Wildman–Crippen MR) is 101 cm³/mol. The first-order valence-corrected chi connectivity index (χ1v) is 8.84.